The molecule has 1 atom stereocenters. The monoisotopic (exact) mass is 290 g/mol. The van der Waals surface area contributed by atoms with Crippen LogP contribution in [0.4, 0.5) is 17.1 Å². The molecule has 0 radical (unpaired) electrons. The minimum absolute atomic E-state index is 0.00868. The number of hydrogen-bond donors (Lipinski definition) is 3. The summed E-state index contributed by atoms with van der Waals surface area (Å²) in [5.74, 6) is 0.557. The maximum absolute atomic E-state index is 11.5. The van der Waals surface area contributed by atoms with Crippen LogP contribution < -0.4 is 21.1 Å². The normalized spacial score (nSPS) is 21.4. The van der Waals surface area contributed by atoms with Crippen LogP contribution in [0.2, 0.25) is 0 Å². The quantitative estimate of drug-likeness (QED) is 0.694. The highest BCUT2D eigenvalue weighted by molar-refractivity contribution is 5.97. The second kappa shape index (κ2) is 5.16. The van der Waals surface area contributed by atoms with Crippen LogP contribution in [0.5, 0.6) is 5.75 Å². The number of piperidine rings is 1. The second-order valence-corrected chi connectivity index (χ2v) is 5.43. The molecule has 1 aromatic rings. The molecule has 1 aromatic carbocycles. The first-order chi connectivity index (χ1) is 10.0. The highest BCUT2D eigenvalue weighted by Crippen LogP contribution is 2.35. The minimum Gasteiger partial charge on any atom is -0.482 e. The van der Waals surface area contributed by atoms with Gasteiger partial charge in [-0.1, -0.05) is 0 Å². The molecule has 7 nitrogen and oxygen atoms in total. The summed E-state index contributed by atoms with van der Waals surface area (Å²) < 4.78 is 5.32. The molecule has 0 bridgehead atoms. The zero-order valence-electron chi connectivity index (χ0n) is 11.8. The van der Waals surface area contributed by atoms with Gasteiger partial charge in [0.15, 0.2) is 6.61 Å². The van der Waals surface area contributed by atoms with E-state index in [-0.39, 0.29) is 24.5 Å². The van der Waals surface area contributed by atoms with E-state index in [4.69, 9.17) is 10.5 Å². The van der Waals surface area contributed by atoms with E-state index in [9.17, 15) is 9.59 Å². The van der Waals surface area contributed by atoms with E-state index >= 15 is 0 Å². The van der Waals surface area contributed by atoms with Gasteiger partial charge in [0.25, 0.3) is 5.91 Å². The molecular weight excluding hydrogens is 272 g/mol. The summed E-state index contributed by atoms with van der Waals surface area (Å²) in [6, 6.07) is 3.63. The predicted octanol–water partition coefficient (Wildman–Crippen LogP) is 0.632. The summed E-state index contributed by atoms with van der Waals surface area (Å²) in [5, 5.41) is 6.10. The Balaban J connectivity index is 1.78. The van der Waals surface area contributed by atoms with Gasteiger partial charge in [-0.25, -0.2) is 0 Å². The van der Waals surface area contributed by atoms with Crippen molar-refractivity contribution in [2.45, 2.75) is 18.9 Å². The van der Waals surface area contributed by atoms with E-state index in [2.05, 4.69) is 10.6 Å². The lowest BCUT2D eigenvalue weighted by Crippen LogP contribution is -2.43. The zero-order chi connectivity index (χ0) is 15.0. The van der Waals surface area contributed by atoms with E-state index in [1.807, 2.05) is 0 Å². The van der Waals surface area contributed by atoms with Crippen LogP contribution in [0.25, 0.3) is 0 Å². The smallest absolute Gasteiger partial charge is 0.262 e. The average molecular weight is 290 g/mol. The molecule has 2 heterocycles. The second-order valence-electron chi connectivity index (χ2n) is 5.43. The summed E-state index contributed by atoms with van der Waals surface area (Å²) in [4.78, 5) is 24.6. The summed E-state index contributed by atoms with van der Waals surface area (Å²) in [6.45, 7) is 0.646. The fourth-order valence-electron chi connectivity index (χ4n) is 2.62. The van der Waals surface area contributed by atoms with Crippen molar-refractivity contribution in [1.29, 1.82) is 0 Å². The first-order valence-corrected chi connectivity index (χ1v) is 6.89. The number of nitrogen functional groups attached to an aromatic ring is 1. The standard InChI is InChI=1S/C14H18N4O3/c1-18-6-8(2-3-14(18)20)16-10-5-11-12(4-9(10)15)21-7-13(19)17-11/h4-5,8,16H,2-3,6-7,15H2,1H3,(H,17,19). The number of rotatable bonds is 2. The predicted molar refractivity (Wildman–Crippen MR) is 79.3 cm³/mol. The number of nitrogens with two attached hydrogens (primary N) is 1. The number of ether oxygens (including phenoxy) is 1. The van der Waals surface area contributed by atoms with E-state index < -0.39 is 0 Å². The third kappa shape index (κ3) is 2.72. The molecule has 2 aliphatic rings. The number of nitrogens with zero attached hydrogens (tertiary/aromatic N) is 1. The number of likely N-dealkylation sites (tertiary alicyclic amines) is 1. The van der Waals surface area contributed by atoms with Crippen LogP contribution in [-0.4, -0.2) is 43.0 Å². The maximum atomic E-state index is 11.5. The molecular formula is C14H18N4O3. The molecule has 7 heteroatoms. The lowest BCUT2D eigenvalue weighted by atomic mass is 10.0. The van der Waals surface area contributed by atoms with Gasteiger partial charge in [0.1, 0.15) is 5.75 Å². The molecule has 3 rings (SSSR count). The first kappa shape index (κ1) is 13.5. The van der Waals surface area contributed by atoms with Gasteiger partial charge in [-0.15, -0.1) is 0 Å². The molecule has 0 saturated carbocycles. The van der Waals surface area contributed by atoms with Crippen LogP contribution in [-0.2, 0) is 9.59 Å². The van der Waals surface area contributed by atoms with Crippen LogP contribution in [0, 0.1) is 0 Å². The lowest BCUT2D eigenvalue weighted by Gasteiger charge is -2.31. The molecule has 2 amide bonds. The third-order valence-corrected chi connectivity index (χ3v) is 3.77. The number of benzene rings is 1. The van der Waals surface area contributed by atoms with Crippen molar-refractivity contribution in [2.75, 3.05) is 36.6 Å². The fourth-order valence-corrected chi connectivity index (χ4v) is 2.62. The number of anilines is 3. The van der Waals surface area contributed by atoms with E-state index in [1.54, 1.807) is 24.1 Å². The van der Waals surface area contributed by atoms with Crippen LogP contribution in [0.1, 0.15) is 12.8 Å². The molecule has 1 fully saturated rings. The van der Waals surface area contributed by atoms with Gasteiger partial charge >= 0.3 is 0 Å². The van der Waals surface area contributed by atoms with E-state index in [0.29, 0.717) is 30.1 Å². The van der Waals surface area contributed by atoms with Crippen molar-refractivity contribution in [3.63, 3.8) is 0 Å². The average Bonchev–Trinajstić information content (AvgIpc) is 2.44. The summed E-state index contributed by atoms with van der Waals surface area (Å²) in [5.41, 5.74) is 7.94. The number of fused-ring (bicyclic) bond motifs is 1. The van der Waals surface area contributed by atoms with Gasteiger partial charge in [0, 0.05) is 32.1 Å². The first-order valence-electron chi connectivity index (χ1n) is 6.89. The molecule has 0 aromatic heterocycles. The van der Waals surface area contributed by atoms with Gasteiger partial charge in [0.2, 0.25) is 5.91 Å². The van der Waals surface area contributed by atoms with Gasteiger partial charge in [-0.2, -0.15) is 0 Å². The van der Waals surface area contributed by atoms with Crippen molar-refractivity contribution < 1.29 is 14.3 Å². The summed E-state index contributed by atoms with van der Waals surface area (Å²) in [6.07, 6.45) is 1.29. The third-order valence-electron chi connectivity index (χ3n) is 3.77. The number of likely N-dealkylation sites (N-methyl/N-ethyl adjacent to an activating group) is 1. The SMILES string of the molecule is CN1CC(Nc2cc3c(cc2N)OCC(=O)N3)CCC1=O. The number of hydrogen-bond acceptors (Lipinski definition) is 5. The van der Waals surface area contributed by atoms with Gasteiger partial charge in [0.05, 0.1) is 17.1 Å². The topological polar surface area (TPSA) is 96.7 Å². The Hall–Kier alpha value is -2.44. The number of carbonyl (C=O) groups is 2. The van der Waals surface area contributed by atoms with Crippen molar-refractivity contribution in [1.82, 2.24) is 4.90 Å². The summed E-state index contributed by atoms with van der Waals surface area (Å²) >= 11 is 0. The lowest BCUT2D eigenvalue weighted by molar-refractivity contribution is -0.132. The van der Waals surface area contributed by atoms with Gasteiger partial charge in [-0.05, 0) is 12.5 Å². The highest BCUT2D eigenvalue weighted by atomic mass is 16.5. The molecule has 1 unspecified atom stereocenters. The van der Waals surface area contributed by atoms with Crippen molar-refractivity contribution in [3.05, 3.63) is 12.1 Å². The Bertz CT molecular complexity index is 602. The Kier molecular flexibility index (Phi) is 3.32. The van der Waals surface area contributed by atoms with Crippen molar-refractivity contribution in [3.8, 4) is 5.75 Å². The Morgan fingerprint density at radius 2 is 2.24 bits per heavy atom. The molecule has 4 N–H and O–H groups in total. The highest BCUT2D eigenvalue weighted by Gasteiger charge is 2.24. The largest absolute Gasteiger partial charge is 0.482 e. The molecule has 112 valence electrons. The minimum atomic E-state index is -0.179. The molecule has 2 aliphatic heterocycles. The maximum Gasteiger partial charge on any atom is 0.262 e. The van der Waals surface area contributed by atoms with Gasteiger partial charge in [-0.3, -0.25) is 9.59 Å². The number of carbonyl (C=O) groups excluding carboxylic acids is 2. The van der Waals surface area contributed by atoms with E-state index in [0.717, 1.165) is 12.1 Å². The Labute approximate surface area is 122 Å². The van der Waals surface area contributed by atoms with Crippen LogP contribution >= 0.6 is 0 Å². The molecule has 0 spiro atoms. The molecule has 0 aliphatic carbocycles. The van der Waals surface area contributed by atoms with E-state index in [1.165, 1.54) is 0 Å². The zero-order valence-corrected chi connectivity index (χ0v) is 11.8. The molecule has 21 heavy (non-hydrogen) atoms. The Morgan fingerprint density at radius 3 is 3.00 bits per heavy atom. The number of amides is 2. The van der Waals surface area contributed by atoms with Crippen molar-refractivity contribution in [2.24, 2.45) is 0 Å². The van der Waals surface area contributed by atoms with Gasteiger partial charge < -0.3 is 26.0 Å². The molecule has 1 saturated heterocycles. The van der Waals surface area contributed by atoms with Crippen LogP contribution in [0.3, 0.4) is 0 Å². The fraction of sp³-hybridized carbons (Fsp3) is 0.429. The summed E-state index contributed by atoms with van der Waals surface area (Å²) in [7, 11) is 1.79. The Morgan fingerprint density at radius 1 is 1.43 bits per heavy atom. The van der Waals surface area contributed by atoms with Crippen molar-refractivity contribution >= 4 is 28.9 Å². The number of nitrogens with one attached hydrogen (secondary N) is 2. The van der Waals surface area contributed by atoms with Crippen LogP contribution in [0.15, 0.2) is 12.1 Å².